The van der Waals surface area contributed by atoms with Crippen LogP contribution in [0.2, 0.25) is 0 Å². The summed E-state index contributed by atoms with van der Waals surface area (Å²) in [6, 6.07) is 15.6. The topological polar surface area (TPSA) is 66.4 Å². The van der Waals surface area contributed by atoms with Crippen LogP contribution in [0.25, 0.3) is 0 Å². The van der Waals surface area contributed by atoms with E-state index in [1.165, 1.54) is 6.07 Å². The number of halogens is 1. The van der Waals surface area contributed by atoms with Gasteiger partial charge in [0, 0.05) is 12.1 Å². The maximum absolute atomic E-state index is 14.0. The zero-order chi connectivity index (χ0) is 17.9. The average Bonchev–Trinajstić information content (AvgIpc) is 3.41. The number of amides is 1. The number of carboxylic acid groups (broad SMARTS) is 1. The Labute approximate surface area is 145 Å². The van der Waals surface area contributed by atoms with Crippen molar-refractivity contribution in [3.05, 3.63) is 71.5 Å². The van der Waals surface area contributed by atoms with Gasteiger partial charge in [-0.1, -0.05) is 48.5 Å². The summed E-state index contributed by atoms with van der Waals surface area (Å²) in [5.74, 6) is -2.37. The van der Waals surface area contributed by atoms with Crippen LogP contribution in [-0.4, -0.2) is 23.5 Å². The first-order valence-electron chi connectivity index (χ1n) is 8.33. The smallest absolute Gasteiger partial charge is 0.308 e. The molecule has 1 aliphatic carbocycles. The predicted octanol–water partition coefficient (Wildman–Crippen LogP) is 2.92. The summed E-state index contributed by atoms with van der Waals surface area (Å²) in [7, 11) is 0. The van der Waals surface area contributed by atoms with Crippen LogP contribution in [0.15, 0.2) is 54.6 Å². The van der Waals surface area contributed by atoms with Crippen LogP contribution in [0.3, 0.4) is 0 Å². The molecule has 1 saturated carbocycles. The molecule has 4 nitrogen and oxygen atoms in total. The van der Waals surface area contributed by atoms with E-state index < -0.39 is 23.1 Å². The van der Waals surface area contributed by atoms with Crippen LogP contribution in [0.4, 0.5) is 4.39 Å². The lowest BCUT2D eigenvalue weighted by atomic mass is 9.93. The Morgan fingerprint density at radius 1 is 1.08 bits per heavy atom. The van der Waals surface area contributed by atoms with Crippen LogP contribution in [0, 0.1) is 11.7 Å². The third-order valence-electron chi connectivity index (χ3n) is 4.76. The number of carboxylic acids is 1. The van der Waals surface area contributed by atoms with E-state index in [1.54, 1.807) is 18.2 Å². The Balaban J connectivity index is 1.66. The first-order valence-corrected chi connectivity index (χ1v) is 8.33. The van der Waals surface area contributed by atoms with Gasteiger partial charge in [0.1, 0.15) is 5.82 Å². The standard InChI is InChI=1S/C20H20FNO3/c21-17-9-5-4-8-16(17)20(10-11-20)19(25)22-13-15(18(23)24)12-14-6-2-1-3-7-14/h1-9,15H,10-13H2,(H,22,25)(H,23,24). The number of nitrogens with one attached hydrogen (secondary N) is 1. The van der Waals surface area contributed by atoms with Gasteiger partial charge in [-0.2, -0.15) is 0 Å². The van der Waals surface area contributed by atoms with Crippen molar-refractivity contribution in [2.24, 2.45) is 5.92 Å². The van der Waals surface area contributed by atoms with E-state index in [4.69, 9.17) is 0 Å². The van der Waals surface area contributed by atoms with Gasteiger partial charge < -0.3 is 10.4 Å². The average molecular weight is 341 g/mol. The lowest BCUT2D eigenvalue weighted by Gasteiger charge is -2.19. The summed E-state index contributed by atoms with van der Waals surface area (Å²) in [6.45, 7) is 0.0270. The molecule has 1 amide bonds. The predicted molar refractivity (Wildman–Crippen MR) is 91.6 cm³/mol. The minimum Gasteiger partial charge on any atom is -0.481 e. The maximum Gasteiger partial charge on any atom is 0.308 e. The Morgan fingerprint density at radius 2 is 1.72 bits per heavy atom. The van der Waals surface area contributed by atoms with E-state index >= 15 is 0 Å². The number of carbonyl (C=O) groups is 2. The molecule has 0 saturated heterocycles. The Kier molecular flexibility index (Phi) is 4.83. The first-order chi connectivity index (χ1) is 12.0. The molecule has 0 radical (unpaired) electrons. The van der Waals surface area contributed by atoms with Crippen LogP contribution in [-0.2, 0) is 21.4 Å². The van der Waals surface area contributed by atoms with Gasteiger partial charge in [0.15, 0.2) is 0 Å². The summed E-state index contributed by atoms with van der Waals surface area (Å²) < 4.78 is 14.0. The molecule has 0 aromatic heterocycles. The third-order valence-corrected chi connectivity index (χ3v) is 4.76. The van der Waals surface area contributed by atoms with Crippen molar-refractivity contribution < 1.29 is 19.1 Å². The molecule has 130 valence electrons. The van der Waals surface area contributed by atoms with Gasteiger partial charge in [-0.05, 0) is 30.9 Å². The maximum atomic E-state index is 14.0. The molecule has 5 heteroatoms. The van der Waals surface area contributed by atoms with Gasteiger partial charge >= 0.3 is 5.97 Å². The van der Waals surface area contributed by atoms with Crippen LogP contribution >= 0.6 is 0 Å². The summed E-state index contributed by atoms with van der Waals surface area (Å²) in [5.41, 5.74) is 0.447. The molecule has 25 heavy (non-hydrogen) atoms. The lowest BCUT2D eigenvalue weighted by molar-refractivity contribution is -0.141. The fraction of sp³-hybridized carbons (Fsp3) is 0.300. The van der Waals surface area contributed by atoms with Crippen molar-refractivity contribution in [2.45, 2.75) is 24.7 Å². The van der Waals surface area contributed by atoms with Crippen LogP contribution < -0.4 is 5.32 Å². The molecule has 3 rings (SSSR count). The molecule has 0 heterocycles. The molecule has 2 N–H and O–H groups in total. The number of benzene rings is 2. The van der Waals surface area contributed by atoms with Crippen LogP contribution in [0.5, 0.6) is 0 Å². The molecule has 0 aliphatic heterocycles. The molecule has 1 fully saturated rings. The Bertz CT molecular complexity index is 772. The second-order valence-corrected chi connectivity index (χ2v) is 6.50. The van der Waals surface area contributed by atoms with Crippen molar-refractivity contribution in [1.29, 1.82) is 0 Å². The van der Waals surface area contributed by atoms with E-state index in [2.05, 4.69) is 5.32 Å². The van der Waals surface area contributed by atoms with Crippen molar-refractivity contribution >= 4 is 11.9 Å². The van der Waals surface area contributed by atoms with Gasteiger partial charge in [0.2, 0.25) is 5.91 Å². The van der Waals surface area contributed by atoms with Crippen molar-refractivity contribution in [2.75, 3.05) is 6.54 Å². The fourth-order valence-electron chi connectivity index (χ4n) is 3.12. The van der Waals surface area contributed by atoms with Crippen molar-refractivity contribution in [3.63, 3.8) is 0 Å². The number of hydrogen-bond donors (Lipinski definition) is 2. The van der Waals surface area contributed by atoms with Gasteiger partial charge in [-0.3, -0.25) is 9.59 Å². The minimum atomic E-state index is -0.958. The van der Waals surface area contributed by atoms with E-state index in [-0.39, 0.29) is 12.5 Å². The monoisotopic (exact) mass is 341 g/mol. The zero-order valence-electron chi connectivity index (χ0n) is 13.7. The second kappa shape index (κ2) is 7.05. The molecular weight excluding hydrogens is 321 g/mol. The fourth-order valence-corrected chi connectivity index (χ4v) is 3.12. The Hall–Kier alpha value is -2.69. The Morgan fingerprint density at radius 3 is 2.32 bits per heavy atom. The molecule has 0 bridgehead atoms. The van der Waals surface area contributed by atoms with E-state index in [0.717, 1.165) is 5.56 Å². The summed E-state index contributed by atoms with van der Waals surface area (Å²) in [5, 5.41) is 12.1. The van der Waals surface area contributed by atoms with Gasteiger partial charge in [-0.15, -0.1) is 0 Å². The summed E-state index contributed by atoms with van der Waals surface area (Å²) in [4.78, 5) is 24.1. The molecule has 1 atom stereocenters. The van der Waals surface area contributed by atoms with Gasteiger partial charge in [0.25, 0.3) is 0 Å². The van der Waals surface area contributed by atoms with Crippen LogP contribution in [0.1, 0.15) is 24.0 Å². The molecule has 2 aromatic carbocycles. The van der Waals surface area contributed by atoms with Gasteiger partial charge in [0.05, 0.1) is 11.3 Å². The second-order valence-electron chi connectivity index (χ2n) is 6.50. The highest BCUT2D eigenvalue weighted by atomic mass is 19.1. The first kappa shape index (κ1) is 17.1. The summed E-state index contributed by atoms with van der Waals surface area (Å²) in [6.07, 6.45) is 1.50. The molecule has 1 unspecified atom stereocenters. The largest absolute Gasteiger partial charge is 0.481 e. The summed E-state index contributed by atoms with van der Waals surface area (Å²) >= 11 is 0. The highest BCUT2D eigenvalue weighted by Gasteiger charge is 2.52. The van der Waals surface area contributed by atoms with E-state index in [1.807, 2.05) is 30.3 Å². The van der Waals surface area contributed by atoms with Crippen molar-refractivity contribution in [3.8, 4) is 0 Å². The SMILES string of the molecule is O=C(O)C(CNC(=O)C1(c2ccccc2F)CC1)Cc1ccccc1. The number of aliphatic carboxylic acids is 1. The molecule has 1 aliphatic rings. The highest BCUT2D eigenvalue weighted by molar-refractivity contribution is 5.91. The quantitative estimate of drug-likeness (QED) is 0.814. The third kappa shape index (κ3) is 3.71. The normalized spacial score (nSPS) is 16.0. The van der Waals surface area contributed by atoms with Gasteiger partial charge in [-0.25, -0.2) is 4.39 Å². The van der Waals surface area contributed by atoms with E-state index in [0.29, 0.717) is 24.8 Å². The zero-order valence-corrected chi connectivity index (χ0v) is 13.7. The minimum absolute atomic E-state index is 0.0270. The number of rotatable bonds is 7. The van der Waals surface area contributed by atoms with Crippen molar-refractivity contribution in [1.82, 2.24) is 5.32 Å². The molecule has 2 aromatic rings. The highest BCUT2D eigenvalue weighted by Crippen LogP contribution is 2.49. The van der Waals surface area contributed by atoms with E-state index in [9.17, 15) is 19.1 Å². The molecule has 0 spiro atoms. The molecular formula is C20H20FNO3. The number of hydrogen-bond acceptors (Lipinski definition) is 2. The number of carbonyl (C=O) groups excluding carboxylic acids is 1. The lowest BCUT2D eigenvalue weighted by Crippen LogP contribution is -2.40.